The van der Waals surface area contributed by atoms with Crippen molar-refractivity contribution in [2.24, 2.45) is 5.73 Å². The minimum Gasteiger partial charge on any atom is -0.490 e. The Balaban J connectivity index is 1.67. The smallest absolute Gasteiger partial charge is 0.131 e. The molecule has 1 aromatic carbocycles. The van der Waals surface area contributed by atoms with Gasteiger partial charge in [0, 0.05) is 36.3 Å². The van der Waals surface area contributed by atoms with Gasteiger partial charge in [-0.1, -0.05) is 6.07 Å². The third-order valence-electron chi connectivity index (χ3n) is 4.28. The largest absolute Gasteiger partial charge is 0.490 e. The summed E-state index contributed by atoms with van der Waals surface area (Å²) in [5.41, 5.74) is 6.24. The lowest BCUT2D eigenvalue weighted by atomic mass is 9.91. The third-order valence-corrected chi connectivity index (χ3v) is 5.50. The Kier molecular flexibility index (Phi) is 4.43. The van der Waals surface area contributed by atoms with Crippen molar-refractivity contribution in [3.63, 3.8) is 0 Å². The second-order valence-corrected chi connectivity index (χ2v) is 7.14. The van der Waals surface area contributed by atoms with Crippen LogP contribution in [0.4, 0.5) is 4.39 Å². The van der Waals surface area contributed by atoms with Crippen molar-refractivity contribution in [2.75, 3.05) is 18.1 Å². The van der Waals surface area contributed by atoms with Crippen LogP contribution in [0.3, 0.4) is 0 Å². The van der Waals surface area contributed by atoms with Crippen LogP contribution in [0, 0.1) is 5.82 Å². The summed E-state index contributed by atoms with van der Waals surface area (Å²) in [7, 11) is 0. The molecule has 0 radical (unpaired) electrons. The molecule has 5 heteroatoms. The molecular weight excluding hydrogens is 289 g/mol. The zero-order chi connectivity index (χ0) is 14.9. The van der Waals surface area contributed by atoms with Crippen LogP contribution >= 0.6 is 11.8 Å². The molecule has 1 aromatic rings. The molecule has 116 valence electrons. The molecule has 3 atom stereocenters. The second-order valence-electron chi connectivity index (χ2n) is 6.04. The van der Waals surface area contributed by atoms with Gasteiger partial charge in [0.2, 0.25) is 0 Å². The molecule has 0 aliphatic carbocycles. The molecule has 3 unspecified atom stereocenters. The third kappa shape index (κ3) is 3.35. The molecule has 3 rings (SSSR count). The summed E-state index contributed by atoms with van der Waals surface area (Å²) in [6, 6.07) is 4.67. The second kappa shape index (κ2) is 6.15. The molecule has 2 fully saturated rings. The summed E-state index contributed by atoms with van der Waals surface area (Å²) in [6.07, 6.45) is 2.97. The quantitative estimate of drug-likeness (QED) is 0.930. The molecule has 2 heterocycles. The molecule has 0 aromatic heterocycles. The SMILES string of the molecule is CC(N)c1ccc(OC2CCOC3(CCSC3)C2)cc1F. The van der Waals surface area contributed by atoms with Crippen LogP contribution in [-0.2, 0) is 4.74 Å². The van der Waals surface area contributed by atoms with Gasteiger partial charge in [-0.05, 0) is 25.2 Å². The van der Waals surface area contributed by atoms with E-state index in [-0.39, 0.29) is 23.6 Å². The number of rotatable bonds is 3. The highest BCUT2D eigenvalue weighted by atomic mass is 32.2. The van der Waals surface area contributed by atoms with Crippen molar-refractivity contribution in [1.82, 2.24) is 0 Å². The predicted molar refractivity (Wildman–Crippen MR) is 83.3 cm³/mol. The number of hydrogen-bond acceptors (Lipinski definition) is 4. The van der Waals surface area contributed by atoms with E-state index >= 15 is 0 Å². The fraction of sp³-hybridized carbons (Fsp3) is 0.625. The van der Waals surface area contributed by atoms with E-state index in [2.05, 4.69) is 0 Å². The van der Waals surface area contributed by atoms with Gasteiger partial charge in [0.1, 0.15) is 17.7 Å². The zero-order valence-corrected chi connectivity index (χ0v) is 13.1. The number of thioether (sulfide) groups is 1. The normalized spacial score (nSPS) is 30.5. The Bertz CT molecular complexity index is 503. The first kappa shape index (κ1) is 15.1. The lowest BCUT2D eigenvalue weighted by molar-refractivity contribution is -0.0959. The molecule has 2 N–H and O–H groups in total. The maximum atomic E-state index is 14.0. The molecule has 3 nitrogen and oxygen atoms in total. The highest BCUT2D eigenvalue weighted by Gasteiger charge is 2.41. The summed E-state index contributed by atoms with van der Waals surface area (Å²) < 4.78 is 25.9. The van der Waals surface area contributed by atoms with Gasteiger partial charge in [-0.3, -0.25) is 0 Å². The van der Waals surface area contributed by atoms with Crippen LogP contribution < -0.4 is 10.5 Å². The number of hydrogen-bond donors (Lipinski definition) is 1. The van der Waals surface area contributed by atoms with Crippen LogP contribution in [0.2, 0.25) is 0 Å². The van der Waals surface area contributed by atoms with Crippen molar-refractivity contribution in [3.05, 3.63) is 29.6 Å². The van der Waals surface area contributed by atoms with Crippen molar-refractivity contribution in [1.29, 1.82) is 0 Å². The van der Waals surface area contributed by atoms with Gasteiger partial charge in [-0.15, -0.1) is 0 Å². The summed E-state index contributed by atoms with van der Waals surface area (Å²) in [5.74, 6) is 2.50. The van der Waals surface area contributed by atoms with Gasteiger partial charge >= 0.3 is 0 Å². The molecule has 21 heavy (non-hydrogen) atoms. The Morgan fingerprint density at radius 2 is 2.38 bits per heavy atom. The Labute approximate surface area is 129 Å². The topological polar surface area (TPSA) is 44.5 Å². The maximum Gasteiger partial charge on any atom is 0.131 e. The van der Waals surface area contributed by atoms with Crippen molar-refractivity contribution in [3.8, 4) is 5.75 Å². The number of halogens is 1. The van der Waals surface area contributed by atoms with E-state index in [4.69, 9.17) is 15.2 Å². The molecule has 2 aliphatic heterocycles. The molecule has 0 saturated carbocycles. The van der Waals surface area contributed by atoms with Gasteiger partial charge in [0.25, 0.3) is 0 Å². The van der Waals surface area contributed by atoms with E-state index in [0.29, 0.717) is 11.3 Å². The van der Waals surface area contributed by atoms with E-state index in [9.17, 15) is 4.39 Å². The van der Waals surface area contributed by atoms with Crippen molar-refractivity contribution >= 4 is 11.8 Å². The Hall–Kier alpha value is -0.780. The summed E-state index contributed by atoms with van der Waals surface area (Å²) >= 11 is 1.94. The van der Waals surface area contributed by atoms with E-state index in [1.54, 1.807) is 13.0 Å². The monoisotopic (exact) mass is 311 g/mol. The average molecular weight is 311 g/mol. The number of nitrogens with two attached hydrogens (primary N) is 1. The molecule has 2 saturated heterocycles. The van der Waals surface area contributed by atoms with Gasteiger partial charge in [0.15, 0.2) is 0 Å². The fourth-order valence-corrected chi connectivity index (χ4v) is 4.47. The highest BCUT2D eigenvalue weighted by Crippen LogP contribution is 2.39. The lowest BCUT2D eigenvalue weighted by Crippen LogP contribution is -2.43. The first-order valence-corrected chi connectivity index (χ1v) is 8.67. The van der Waals surface area contributed by atoms with Gasteiger partial charge in [-0.25, -0.2) is 4.39 Å². The zero-order valence-electron chi connectivity index (χ0n) is 12.3. The lowest BCUT2D eigenvalue weighted by Gasteiger charge is -2.37. The van der Waals surface area contributed by atoms with Crippen molar-refractivity contribution in [2.45, 2.75) is 43.9 Å². The van der Waals surface area contributed by atoms with E-state index < -0.39 is 0 Å². The van der Waals surface area contributed by atoms with Crippen LogP contribution in [0.5, 0.6) is 5.75 Å². The maximum absolute atomic E-state index is 14.0. The van der Waals surface area contributed by atoms with Crippen LogP contribution in [0.25, 0.3) is 0 Å². The molecule has 1 spiro atoms. The van der Waals surface area contributed by atoms with Crippen LogP contribution in [0.1, 0.15) is 37.8 Å². The first-order chi connectivity index (χ1) is 10.1. The van der Waals surface area contributed by atoms with Gasteiger partial charge in [0.05, 0.1) is 12.2 Å². The molecule has 0 bridgehead atoms. The Morgan fingerprint density at radius 1 is 1.52 bits per heavy atom. The fourth-order valence-electron chi connectivity index (χ4n) is 3.09. The molecular formula is C16H22FNO2S. The molecule has 0 amide bonds. The van der Waals surface area contributed by atoms with Crippen LogP contribution in [0.15, 0.2) is 18.2 Å². The first-order valence-electron chi connectivity index (χ1n) is 7.51. The summed E-state index contributed by atoms with van der Waals surface area (Å²) in [6.45, 7) is 2.50. The van der Waals surface area contributed by atoms with Crippen molar-refractivity contribution < 1.29 is 13.9 Å². The standard InChI is InChI=1S/C16H22FNO2S/c1-11(18)14-3-2-12(8-15(14)17)20-13-4-6-19-16(9-13)5-7-21-10-16/h2-3,8,11,13H,4-7,9-10,18H2,1H3. The average Bonchev–Trinajstić information content (AvgIpc) is 2.86. The van der Waals surface area contributed by atoms with Gasteiger partial charge < -0.3 is 15.2 Å². The van der Waals surface area contributed by atoms with Crippen LogP contribution in [-0.4, -0.2) is 29.8 Å². The minimum absolute atomic E-state index is 0.0160. The number of benzene rings is 1. The Morgan fingerprint density at radius 3 is 3.05 bits per heavy atom. The highest BCUT2D eigenvalue weighted by molar-refractivity contribution is 7.99. The van der Waals surface area contributed by atoms with E-state index in [0.717, 1.165) is 37.4 Å². The summed E-state index contributed by atoms with van der Waals surface area (Å²) in [5, 5.41) is 0. The molecule has 2 aliphatic rings. The van der Waals surface area contributed by atoms with E-state index in [1.807, 2.05) is 17.8 Å². The van der Waals surface area contributed by atoms with E-state index in [1.165, 1.54) is 6.07 Å². The predicted octanol–water partition coefficient (Wildman–Crippen LogP) is 3.28. The van der Waals surface area contributed by atoms with Gasteiger partial charge in [-0.2, -0.15) is 11.8 Å². The number of ether oxygens (including phenoxy) is 2. The minimum atomic E-state index is -0.305. The summed E-state index contributed by atoms with van der Waals surface area (Å²) in [4.78, 5) is 0.